The highest BCUT2D eigenvalue weighted by atomic mass is 32.2. The van der Waals surface area contributed by atoms with Gasteiger partial charge in [0.15, 0.2) is 0 Å². The second-order valence-corrected chi connectivity index (χ2v) is 6.61. The maximum atomic E-state index is 11.3. The van der Waals surface area contributed by atoms with Crippen molar-refractivity contribution in [2.45, 2.75) is 19.3 Å². The third-order valence-electron chi connectivity index (χ3n) is 3.16. The number of H-pyrrole nitrogens is 1. The molecular weight excluding hydrogens is 316 g/mol. The summed E-state index contributed by atoms with van der Waals surface area (Å²) in [5, 5.41) is 0. The van der Waals surface area contributed by atoms with Gasteiger partial charge < -0.3 is 9.72 Å². The van der Waals surface area contributed by atoms with Gasteiger partial charge in [0, 0.05) is 18.2 Å². The molecule has 0 bridgehead atoms. The number of hydrogen-bond acceptors (Lipinski definition) is 4. The summed E-state index contributed by atoms with van der Waals surface area (Å²) in [7, 11) is 1.78. The van der Waals surface area contributed by atoms with E-state index in [0.717, 1.165) is 31.4 Å². The zero-order valence-electron chi connectivity index (χ0n) is 13.5. The van der Waals surface area contributed by atoms with E-state index in [4.69, 9.17) is 4.74 Å². The molecule has 0 atom stereocenters. The summed E-state index contributed by atoms with van der Waals surface area (Å²) >= 11 is 0. The summed E-state index contributed by atoms with van der Waals surface area (Å²) < 4.78 is 34.9. The minimum Gasteiger partial charge on any atom is -0.494 e. The standard InChI is InChI=1S/C15H20N4O3S/c1-19(2)9-7-5-4-6-8-12-10-16-14(15(12)22-3)13-11-17-23(20,21)18-13/h10-11,16H,4,6,8-9H2,1-3H3. The van der Waals surface area contributed by atoms with Crippen molar-refractivity contribution in [1.82, 2.24) is 9.88 Å². The Balaban J connectivity index is 2.02. The Morgan fingerprint density at radius 1 is 1.35 bits per heavy atom. The van der Waals surface area contributed by atoms with Gasteiger partial charge in [0.05, 0.1) is 19.9 Å². The molecule has 0 unspecified atom stereocenters. The predicted molar refractivity (Wildman–Crippen MR) is 90.6 cm³/mol. The Kier molecular flexibility index (Phi) is 5.58. The molecular formula is C15H20N4O3S. The van der Waals surface area contributed by atoms with E-state index in [1.807, 2.05) is 25.2 Å². The monoisotopic (exact) mass is 336 g/mol. The average molecular weight is 336 g/mol. The minimum absolute atomic E-state index is 0.263. The lowest BCUT2D eigenvalue weighted by atomic mass is 10.1. The van der Waals surface area contributed by atoms with Crippen LogP contribution in [0, 0.1) is 11.8 Å². The Morgan fingerprint density at radius 3 is 2.74 bits per heavy atom. The quantitative estimate of drug-likeness (QED) is 0.621. The molecule has 2 rings (SSSR count). The summed E-state index contributed by atoms with van der Waals surface area (Å²) in [6, 6.07) is 0. The fourth-order valence-electron chi connectivity index (χ4n) is 2.13. The van der Waals surface area contributed by atoms with Crippen LogP contribution in [-0.4, -0.2) is 58.0 Å². The van der Waals surface area contributed by atoms with Gasteiger partial charge in [0.25, 0.3) is 0 Å². The molecule has 1 aliphatic heterocycles. The number of methoxy groups -OCH3 is 1. The van der Waals surface area contributed by atoms with Crippen molar-refractivity contribution in [2.24, 2.45) is 8.80 Å². The first-order valence-corrected chi connectivity index (χ1v) is 8.58. The van der Waals surface area contributed by atoms with Crippen LogP contribution in [0.5, 0.6) is 5.75 Å². The van der Waals surface area contributed by atoms with Crippen LogP contribution in [0.3, 0.4) is 0 Å². The van der Waals surface area contributed by atoms with E-state index in [1.165, 1.54) is 6.21 Å². The largest absolute Gasteiger partial charge is 0.494 e. The predicted octanol–water partition coefficient (Wildman–Crippen LogP) is 1.03. The second kappa shape index (κ2) is 7.44. The van der Waals surface area contributed by atoms with Gasteiger partial charge >= 0.3 is 10.2 Å². The maximum absolute atomic E-state index is 11.3. The van der Waals surface area contributed by atoms with Crippen molar-refractivity contribution >= 4 is 22.1 Å². The van der Waals surface area contributed by atoms with E-state index in [-0.39, 0.29) is 5.71 Å². The zero-order valence-corrected chi connectivity index (χ0v) is 14.3. The Morgan fingerprint density at radius 2 is 2.13 bits per heavy atom. The van der Waals surface area contributed by atoms with Crippen molar-refractivity contribution < 1.29 is 13.2 Å². The maximum Gasteiger partial charge on any atom is 0.363 e. The van der Waals surface area contributed by atoms with E-state index in [0.29, 0.717) is 11.4 Å². The molecule has 23 heavy (non-hydrogen) atoms. The van der Waals surface area contributed by atoms with Crippen LogP contribution in [0.1, 0.15) is 24.1 Å². The number of aryl methyl sites for hydroxylation is 1. The molecule has 124 valence electrons. The molecule has 0 spiro atoms. The number of rotatable bonds is 6. The second-order valence-electron chi connectivity index (χ2n) is 5.33. The molecule has 1 aromatic heterocycles. The lowest BCUT2D eigenvalue weighted by Crippen LogP contribution is -2.10. The summed E-state index contributed by atoms with van der Waals surface area (Å²) in [5.41, 5.74) is 1.77. The smallest absolute Gasteiger partial charge is 0.363 e. The van der Waals surface area contributed by atoms with Gasteiger partial charge in [0.1, 0.15) is 17.2 Å². The molecule has 0 saturated carbocycles. The van der Waals surface area contributed by atoms with Gasteiger partial charge in [-0.05, 0) is 26.9 Å². The Bertz CT molecular complexity index is 779. The number of nitrogens with zero attached hydrogens (tertiary/aromatic N) is 3. The lowest BCUT2D eigenvalue weighted by molar-refractivity contribution is 0.409. The third kappa shape index (κ3) is 4.68. The molecule has 1 N–H and O–H groups in total. The molecule has 7 nitrogen and oxygen atoms in total. The van der Waals surface area contributed by atoms with E-state index in [1.54, 1.807) is 7.11 Å². The van der Waals surface area contributed by atoms with E-state index in [9.17, 15) is 8.42 Å². The van der Waals surface area contributed by atoms with Crippen molar-refractivity contribution in [1.29, 1.82) is 0 Å². The Labute approximate surface area is 136 Å². The first-order valence-electron chi connectivity index (χ1n) is 7.18. The number of hydrogen-bond donors (Lipinski definition) is 1. The van der Waals surface area contributed by atoms with E-state index in [2.05, 4.69) is 25.6 Å². The number of nitrogens with one attached hydrogen (secondary N) is 1. The molecule has 2 heterocycles. The van der Waals surface area contributed by atoms with E-state index < -0.39 is 10.2 Å². The van der Waals surface area contributed by atoms with Crippen LogP contribution in [-0.2, 0) is 16.6 Å². The average Bonchev–Trinajstić information content (AvgIpc) is 3.04. The number of ether oxygens (including phenoxy) is 1. The summed E-state index contributed by atoms with van der Waals surface area (Å²) in [4.78, 5) is 5.04. The first kappa shape index (κ1) is 17.2. The van der Waals surface area contributed by atoms with Gasteiger partial charge in [-0.2, -0.15) is 8.42 Å². The molecule has 0 radical (unpaired) electrons. The molecule has 1 aromatic rings. The highest BCUT2D eigenvalue weighted by Crippen LogP contribution is 2.26. The van der Waals surface area contributed by atoms with Crippen LogP contribution < -0.4 is 4.74 Å². The minimum atomic E-state index is -3.73. The van der Waals surface area contributed by atoms with Crippen LogP contribution in [0.4, 0.5) is 0 Å². The number of unbranched alkanes of at least 4 members (excludes halogenated alkanes) is 1. The van der Waals surface area contributed by atoms with Crippen molar-refractivity contribution in [3.05, 3.63) is 17.5 Å². The van der Waals surface area contributed by atoms with Gasteiger partial charge in [-0.25, -0.2) is 0 Å². The molecule has 8 heteroatoms. The van der Waals surface area contributed by atoms with Gasteiger partial charge in [0.2, 0.25) is 0 Å². The Hall–Kier alpha value is -2.11. The van der Waals surface area contributed by atoms with Crippen molar-refractivity contribution in [3.63, 3.8) is 0 Å². The molecule has 0 aliphatic carbocycles. The fraction of sp³-hybridized carbons (Fsp3) is 0.467. The van der Waals surface area contributed by atoms with E-state index >= 15 is 0 Å². The fourth-order valence-corrected chi connectivity index (χ4v) is 2.80. The summed E-state index contributed by atoms with van der Waals surface area (Å²) in [5.74, 6) is 6.83. The number of aromatic amines is 1. The van der Waals surface area contributed by atoms with Crippen LogP contribution in [0.2, 0.25) is 0 Å². The van der Waals surface area contributed by atoms with Crippen LogP contribution >= 0.6 is 0 Å². The third-order valence-corrected chi connectivity index (χ3v) is 3.96. The van der Waals surface area contributed by atoms with Crippen LogP contribution in [0.15, 0.2) is 15.0 Å². The SMILES string of the molecule is COc1c(CCCC#CCN(C)C)c[nH]c1C1=NS(=O)(=O)N=C1. The van der Waals surface area contributed by atoms with Gasteiger partial charge in [-0.1, -0.05) is 5.92 Å². The normalized spacial score (nSPS) is 15.4. The summed E-state index contributed by atoms with van der Waals surface area (Å²) in [6.45, 7) is 0.755. The molecule has 0 fully saturated rings. The van der Waals surface area contributed by atoms with Crippen LogP contribution in [0.25, 0.3) is 0 Å². The summed E-state index contributed by atoms with van der Waals surface area (Å²) in [6.07, 6.45) is 5.51. The highest BCUT2D eigenvalue weighted by Gasteiger charge is 2.22. The first-order chi connectivity index (χ1) is 10.9. The number of aromatic nitrogens is 1. The molecule has 0 saturated heterocycles. The van der Waals surface area contributed by atoms with Gasteiger partial charge in [-0.15, -0.1) is 14.7 Å². The van der Waals surface area contributed by atoms with Gasteiger partial charge in [-0.3, -0.25) is 4.90 Å². The molecule has 0 aromatic carbocycles. The van der Waals surface area contributed by atoms with Crippen molar-refractivity contribution in [3.8, 4) is 17.6 Å². The topological polar surface area (TPSA) is 87.1 Å². The molecule has 1 aliphatic rings. The zero-order chi connectivity index (χ0) is 16.9. The highest BCUT2D eigenvalue weighted by molar-refractivity contribution is 7.89. The molecule has 0 amide bonds. The van der Waals surface area contributed by atoms with Crippen molar-refractivity contribution in [2.75, 3.05) is 27.7 Å². The lowest BCUT2D eigenvalue weighted by Gasteiger charge is -2.04.